The van der Waals surface area contributed by atoms with Crippen molar-refractivity contribution in [3.63, 3.8) is 0 Å². The van der Waals surface area contributed by atoms with Crippen molar-refractivity contribution in [1.29, 1.82) is 0 Å². The number of carbonyl (C=O) groups is 1. The number of anilines is 1. The summed E-state index contributed by atoms with van der Waals surface area (Å²) < 4.78 is 2.05. The second-order valence-electron chi connectivity index (χ2n) is 6.19. The van der Waals surface area contributed by atoms with E-state index in [9.17, 15) is 4.79 Å². The Labute approximate surface area is 164 Å². The second kappa shape index (κ2) is 7.89. The highest BCUT2D eigenvalue weighted by atomic mass is 32.2. The first kappa shape index (κ1) is 17.7. The van der Waals surface area contributed by atoms with Crippen LogP contribution in [-0.2, 0) is 4.79 Å². The Hall–Kier alpha value is -1.71. The van der Waals surface area contributed by atoms with Gasteiger partial charge in [-0.1, -0.05) is 46.6 Å². The number of aromatic nitrogens is 3. The van der Waals surface area contributed by atoms with Gasteiger partial charge < -0.3 is 10.2 Å². The van der Waals surface area contributed by atoms with Crippen LogP contribution in [0.5, 0.6) is 0 Å². The lowest BCUT2D eigenvalue weighted by Gasteiger charge is -2.32. The summed E-state index contributed by atoms with van der Waals surface area (Å²) in [7, 11) is 0. The molecule has 4 rings (SSSR count). The predicted octanol–water partition coefficient (Wildman–Crippen LogP) is 3.33. The van der Waals surface area contributed by atoms with Gasteiger partial charge in [0.15, 0.2) is 9.47 Å². The fraction of sp³-hybridized carbons (Fsp3) is 0.412. The van der Waals surface area contributed by atoms with E-state index in [4.69, 9.17) is 4.98 Å². The number of thiazole rings is 1. The number of nitrogens with zero attached hydrogens (tertiary/aromatic N) is 4. The maximum absolute atomic E-state index is 12.3. The summed E-state index contributed by atoms with van der Waals surface area (Å²) in [5.74, 6) is 0.436. The van der Waals surface area contributed by atoms with Gasteiger partial charge in [-0.2, -0.15) is 0 Å². The first-order valence-corrected chi connectivity index (χ1v) is 11.1. The molecule has 1 N–H and O–H groups in total. The zero-order valence-corrected chi connectivity index (χ0v) is 16.8. The van der Waals surface area contributed by atoms with Crippen LogP contribution in [0.25, 0.3) is 10.2 Å². The number of carbonyl (C=O) groups excluding carboxylic acids is 1. The molecule has 1 amide bonds. The van der Waals surface area contributed by atoms with Gasteiger partial charge in [-0.15, -0.1) is 10.2 Å². The van der Waals surface area contributed by atoms with Crippen molar-refractivity contribution in [1.82, 2.24) is 20.5 Å². The van der Waals surface area contributed by atoms with E-state index in [2.05, 4.69) is 26.5 Å². The highest BCUT2D eigenvalue weighted by Gasteiger charge is 2.23. The minimum Gasteiger partial charge on any atom is -0.351 e. The van der Waals surface area contributed by atoms with Crippen molar-refractivity contribution in [3.8, 4) is 0 Å². The molecular formula is C17H19N5OS3. The quantitative estimate of drug-likeness (QED) is 0.657. The smallest absolute Gasteiger partial charge is 0.230 e. The van der Waals surface area contributed by atoms with Crippen molar-refractivity contribution in [2.24, 2.45) is 0 Å². The molecule has 0 radical (unpaired) electrons. The van der Waals surface area contributed by atoms with Crippen molar-refractivity contribution >= 4 is 55.7 Å². The summed E-state index contributed by atoms with van der Waals surface area (Å²) in [5, 5.41) is 13.1. The molecule has 0 aliphatic carbocycles. The van der Waals surface area contributed by atoms with Gasteiger partial charge in [-0.25, -0.2) is 4.98 Å². The van der Waals surface area contributed by atoms with Crippen LogP contribution >= 0.6 is 34.4 Å². The molecule has 2 aromatic heterocycles. The average molecular weight is 406 g/mol. The van der Waals surface area contributed by atoms with Gasteiger partial charge in [0, 0.05) is 19.1 Å². The molecule has 1 fully saturated rings. The van der Waals surface area contributed by atoms with Crippen LogP contribution in [0.1, 0.15) is 17.8 Å². The first-order chi connectivity index (χ1) is 12.7. The van der Waals surface area contributed by atoms with E-state index >= 15 is 0 Å². The zero-order valence-electron chi connectivity index (χ0n) is 14.3. The molecule has 136 valence electrons. The lowest BCUT2D eigenvalue weighted by molar-refractivity contribution is -0.119. The third kappa shape index (κ3) is 4.16. The Morgan fingerprint density at radius 2 is 2.23 bits per heavy atom. The van der Waals surface area contributed by atoms with Crippen LogP contribution in [0.3, 0.4) is 0 Å². The van der Waals surface area contributed by atoms with Crippen LogP contribution in [0.2, 0.25) is 0 Å². The standard InChI is InChI=1S/C17H19N5OS3/c1-11-20-21-17(25-11)24-10-15(23)18-12-5-4-8-22(9-12)16-19-13-6-2-3-7-14(13)26-16/h2-3,6-7,12H,4-5,8-10H2,1H3,(H,18,23)/t12-/m1/s1. The SMILES string of the molecule is Cc1nnc(SCC(=O)N[C@@H]2CCCN(c3nc4ccccc4s3)C2)s1. The van der Waals surface area contributed by atoms with Crippen molar-refractivity contribution in [2.45, 2.75) is 30.1 Å². The predicted molar refractivity (Wildman–Crippen MR) is 108 cm³/mol. The number of hydrogen-bond acceptors (Lipinski definition) is 8. The molecule has 0 bridgehead atoms. The molecule has 1 aliphatic rings. The van der Waals surface area contributed by atoms with E-state index in [1.165, 1.54) is 27.8 Å². The molecule has 9 heteroatoms. The summed E-state index contributed by atoms with van der Waals surface area (Å²) in [6, 6.07) is 8.37. The minimum absolute atomic E-state index is 0.0546. The number of aryl methyl sites for hydroxylation is 1. The second-order valence-corrected chi connectivity index (χ2v) is 9.61. The number of benzene rings is 1. The summed E-state index contributed by atoms with van der Waals surface area (Å²) in [6.45, 7) is 3.72. The molecule has 3 heterocycles. The van der Waals surface area contributed by atoms with Crippen LogP contribution in [0.4, 0.5) is 5.13 Å². The number of fused-ring (bicyclic) bond motifs is 1. The van der Waals surface area contributed by atoms with Crippen molar-refractivity contribution in [2.75, 3.05) is 23.7 Å². The topological polar surface area (TPSA) is 71.0 Å². The Morgan fingerprint density at radius 3 is 3.04 bits per heavy atom. The molecule has 0 saturated carbocycles. The lowest BCUT2D eigenvalue weighted by Crippen LogP contribution is -2.48. The number of rotatable bonds is 5. The van der Waals surface area contributed by atoms with E-state index in [0.29, 0.717) is 5.75 Å². The summed E-state index contributed by atoms with van der Waals surface area (Å²) in [4.78, 5) is 19.3. The Kier molecular flexibility index (Phi) is 5.37. The lowest BCUT2D eigenvalue weighted by atomic mass is 10.1. The van der Waals surface area contributed by atoms with E-state index in [0.717, 1.165) is 45.9 Å². The Balaban J connectivity index is 1.33. The van der Waals surface area contributed by atoms with Gasteiger partial charge in [-0.05, 0) is 31.9 Å². The van der Waals surface area contributed by atoms with Gasteiger partial charge in [0.2, 0.25) is 5.91 Å². The zero-order chi connectivity index (χ0) is 17.9. The Bertz CT molecular complexity index is 876. The monoisotopic (exact) mass is 405 g/mol. The van der Waals surface area contributed by atoms with Crippen LogP contribution < -0.4 is 10.2 Å². The highest BCUT2D eigenvalue weighted by Crippen LogP contribution is 2.30. The van der Waals surface area contributed by atoms with Crippen molar-refractivity contribution in [3.05, 3.63) is 29.3 Å². The van der Waals surface area contributed by atoms with Gasteiger partial charge in [0.25, 0.3) is 0 Å². The molecule has 1 aliphatic heterocycles. The summed E-state index contributed by atoms with van der Waals surface area (Å²) in [6.07, 6.45) is 2.07. The van der Waals surface area contributed by atoms with Gasteiger partial charge >= 0.3 is 0 Å². The number of amides is 1. The maximum atomic E-state index is 12.3. The summed E-state index contributed by atoms with van der Waals surface area (Å²) in [5.41, 5.74) is 1.04. The third-order valence-electron chi connectivity index (χ3n) is 4.17. The number of hydrogen-bond donors (Lipinski definition) is 1. The van der Waals surface area contributed by atoms with Gasteiger partial charge in [0.05, 0.1) is 16.0 Å². The van der Waals surface area contributed by atoms with E-state index in [1.807, 2.05) is 25.1 Å². The largest absolute Gasteiger partial charge is 0.351 e. The normalized spacial score (nSPS) is 17.6. The van der Waals surface area contributed by atoms with Gasteiger partial charge in [-0.3, -0.25) is 4.79 Å². The number of nitrogens with one attached hydrogen (secondary N) is 1. The highest BCUT2D eigenvalue weighted by molar-refractivity contribution is 8.01. The fourth-order valence-corrected chi connectivity index (χ4v) is 5.62. The number of piperidine rings is 1. The van der Waals surface area contributed by atoms with E-state index < -0.39 is 0 Å². The van der Waals surface area contributed by atoms with Crippen molar-refractivity contribution < 1.29 is 4.79 Å². The molecule has 1 atom stereocenters. The fourth-order valence-electron chi connectivity index (χ4n) is 3.00. The molecule has 1 aromatic carbocycles. The first-order valence-electron chi connectivity index (χ1n) is 8.50. The molecule has 1 saturated heterocycles. The van der Waals surface area contributed by atoms with Crippen LogP contribution in [-0.4, -0.2) is 46.0 Å². The van der Waals surface area contributed by atoms with Crippen LogP contribution in [0, 0.1) is 6.92 Å². The minimum atomic E-state index is 0.0546. The number of thioether (sulfide) groups is 1. The molecule has 0 unspecified atom stereocenters. The molecule has 3 aromatic rings. The van der Waals surface area contributed by atoms with Gasteiger partial charge in [0.1, 0.15) is 5.01 Å². The molecule has 0 spiro atoms. The summed E-state index contributed by atoms with van der Waals surface area (Å²) >= 11 is 4.69. The molecular weight excluding hydrogens is 386 g/mol. The maximum Gasteiger partial charge on any atom is 0.230 e. The third-order valence-corrected chi connectivity index (χ3v) is 7.24. The number of para-hydroxylation sites is 1. The van der Waals surface area contributed by atoms with Crippen LogP contribution in [0.15, 0.2) is 28.6 Å². The molecule has 6 nitrogen and oxygen atoms in total. The Morgan fingerprint density at radius 1 is 1.35 bits per heavy atom. The van der Waals surface area contributed by atoms with E-state index in [-0.39, 0.29) is 11.9 Å². The average Bonchev–Trinajstić information content (AvgIpc) is 3.26. The molecule has 26 heavy (non-hydrogen) atoms. The van der Waals surface area contributed by atoms with E-state index in [1.54, 1.807) is 11.3 Å².